The summed E-state index contributed by atoms with van der Waals surface area (Å²) in [6.45, 7) is 6.10. The average molecular weight is 226 g/mol. The lowest BCUT2D eigenvalue weighted by Crippen LogP contribution is -2.39. The first-order valence-electron chi connectivity index (χ1n) is 6.74. The van der Waals surface area contributed by atoms with E-state index in [-0.39, 0.29) is 6.03 Å². The molecule has 0 aromatic heterocycles. The summed E-state index contributed by atoms with van der Waals surface area (Å²) < 4.78 is 0. The van der Waals surface area contributed by atoms with Crippen molar-refractivity contribution in [3.05, 3.63) is 0 Å². The summed E-state index contributed by atoms with van der Waals surface area (Å²) in [6, 6.07) is 0.00655. The van der Waals surface area contributed by atoms with Crippen molar-refractivity contribution in [1.82, 2.24) is 10.6 Å². The fourth-order valence-electron chi connectivity index (χ4n) is 2.21. The van der Waals surface area contributed by atoms with Gasteiger partial charge in [-0.05, 0) is 31.1 Å². The van der Waals surface area contributed by atoms with Crippen LogP contribution in [0.3, 0.4) is 0 Å². The second kappa shape index (κ2) is 7.53. The summed E-state index contributed by atoms with van der Waals surface area (Å²) in [5, 5.41) is 5.86. The van der Waals surface area contributed by atoms with Crippen molar-refractivity contribution in [3.8, 4) is 0 Å². The van der Waals surface area contributed by atoms with Crippen molar-refractivity contribution in [2.24, 2.45) is 11.8 Å². The molecule has 1 aliphatic carbocycles. The molecule has 0 aliphatic heterocycles. The molecule has 0 bridgehead atoms. The van der Waals surface area contributed by atoms with Crippen LogP contribution < -0.4 is 10.6 Å². The summed E-state index contributed by atoms with van der Waals surface area (Å²) in [5.41, 5.74) is 0. The zero-order chi connectivity index (χ0) is 11.8. The molecule has 1 aliphatic rings. The van der Waals surface area contributed by atoms with Gasteiger partial charge >= 0.3 is 6.03 Å². The maximum atomic E-state index is 11.4. The number of amides is 2. The molecule has 0 spiro atoms. The van der Waals surface area contributed by atoms with Crippen LogP contribution in [0, 0.1) is 11.8 Å². The normalized spacial score (nSPS) is 25.1. The zero-order valence-electron chi connectivity index (χ0n) is 10.7. The van der Waals surface area contributed by atoms with Crippen LogP contribution >= 0.6 is 0 Å². The molecule has 1 fully saturated rings. The third-order valence-electron chi connectivity index (χ3n) is 3.50. The highest BCUT2D eigenvalue weighted by Gasteiger charge is 2.18. The van der Waals surface area contributed by atoms with E-state index in [0.29, 0.717) is 5.92 Å². The molecule has 0 saturated heterocycles. The van der Waals surface area contributed by atoms with Crippen molar-refractivity contribution in [2.45, 2.75) is 52.4 Å². The van der Waals surface area contributed by atoms with Gasteiger partial charge in [0.05, 0.1) is 0 Å². The van der Waals surface area contributed by atoms with Crippen LogP contribution in [0.4, 0.5) is 4.79 Å². The molecular weight excluding hydrogens is 200 g/mol. The molecule has 2 amide bonds. The largest absolute Gasteiger partial charge is 0.338 e. The van der Waals surface area contributed by atoms with Crippen LogP contribution in [0.5, 0.6) is 0 Å². The minimum atomic E-state index is 0.00655. The van der Waals surface area contributed by atoms with Gasteiger partial charge < -0.3 is 10.6 Å². The molecule has 2 N–H and O–H groups in total. The van der Waals surface area contributed by atoms with E-state index in [1.54, 1.807) is 0 Å². The average Bonchev–Trinajstić information content (AvgIpc) is 2.29. The number of nitrogens with one attached hydrogen (secondary N) is 2. The first kappa shape index (κ1) is 13.3. The first-order valence-corrected chi connectivity index (χ1v) is 6.74. The maximum Gasteiger partial charge on any atom is 0.314 e. The van der Waals surface area contributed by atoms with Crippen LogP contribution in [0.1, 0.15) is 52.4 Å². The Balaban J connectivity index is 2.03. The van der Waals surface area contributed by atoms with Gasteiger partial charge in [0.2, 0.25) is 0 Å². The van der Waals surface area contributed by atoms with Crippen LogP contribution in [0.15, 0.2) is 0 Å². The number of unbranched alkanes of at least 4 members (excludes halogenated alkanes) is 1. The van der Waals surface area contributed by atoms with E-state index < -0.39 is 0 Å². The number of carbonyl (C=O) groups is 1. The van der Waals surface area contributed by atoms with Crippen molar-refractivity contribution in [3.63, 3.8) is 0 Å². The van der Waals surface area contributed by atoms with Gasteiger partial charge in [0.25, 0.3) is 0 Å². The van der Waals surface area contributed by atoms with E-state index in [4.69, 9.17) is 0 Å². The molecule has 0 atom stereocenters. The zero-order valence-corrected chi connectivity index (χ0v) is 10.7. The number of urea groups is 1. The molecule has 1 saturated carbocycles. The van der Waals surface area contributed by atoms with Gasteiger partial charge in [-0.2, -0.15) is 0 Å². The van der Waals surface area contributed by atoms with Crippen molar-refractivity contribution in [2.75, 3.05) is 13.1 Å². The molecule has 0 radical (unpaired) electrons. The van der Waals surface area contributed by atoms with E-state index >= 15 is 0 Å². The highest BCUT2D eigenvalue weighted by Crippen LogP contribution is 2.27. The molecule has 1 rings (SSSR count). The van der Waals surface area contributed by atoms with Crippen molar-refractivity contribution < 1.29 is 4.79 Å². The standard InChI is InChI=1S/C13H26N2O/c1-3-4-9-14-13(16)15-10-12-7-5-11(2)6-8-12/h11-12H,3-10H2,1-2H3,(H2,14,15,16). The molecule has 16 heavy (non-hydrogen) atoms. The van der Waals surface area contributed by atoms with Gasteiger partial charge in [-0.3, -0.25) is 0 Å². The predicted octanol–water partition coefficient (Wildman–Crippen LogP) is 2.91. The van der Waals surface area contributed by atoms with Crippen LogP contribution in [0.2, 0.25) is 0 Å². The highest BCUT2D eigenvalue weighted by atomic mass is 16.2. The quantitative estimate of drug-likeness (QED) is 0.695. The number of hydrogen-bond donors (Lipinski definition) is 2. The number of rotatable bonds is 5. The Morgan fingerprint density at radius 3 is 2.50 bits per heavy atom. The Morgan fingerprint density at radius 2 is 1.88 bits per heavy atom. The van der Waals surface area contributed by atoms with Gasteiger partial charge in [0, 0.05) is 13.1 Å². The molecule has 3 heteroatoms. The molecular formula is C13H26N2O. The molecule has 3 nitrogen and oxygen atoms in total. The van der Waals surface area contributed by atoms with E-state index in [1.807, 2.05) is 0 Å². The predicted molar refractivity (Wildman–Crippen MR) is 67.4 cm³/mol. The van der Waals surface area contributed by atoms with E-state index in [0.717, 1.165) is 31.8 Å². The topological polar surface area (TPSA) is 41.1 Å². The van der Waals surface area contributed by atoms with Gasteiger partial charge in [-0.25, -0.2) is 4.79 Å². The lowest BCUT2D eigenvalue weighted by atomic mass is 9.83. The second-order valence-corrected chi connectivity index (χ2v) is 5.12. The Kier molecular flexibility index (Phi) is 6.27. The first-order chi connectivity index (χ1) is 7.72. The number of hydrogen-bond acceptors (Lipinski definition) is 1. The van der Waals surface area contributed by atoms with Crippen molar-refractivity contribution in [1.29, 1.82) is 0 Å². The third-order valence-corrected chi connectivity index (χ3v) is 3.50. The molecule has 0 heterocycles. The fourth-order valence-corrected chi connectivity index (χ4v) is 2.21. The molecule has 0 aromatic carbocycles. The highest BCUT2D eigenvalue weighted by molar-refractivity contribution is 5.73. The van der Waals surface area contributed by atoms with Crippen molar-refractivity contribution >= 4 is 6.03 Å². The Labute approximate surface area is 99.4 Å². The van der Waals surface area contributed by atoms with Crippen LogP contribution in [0.25, 0.3) is 0 Å². The van der Waals surface area contributed by atoms with Gasteiger partial charge in [0.15, 0.2) is 0 Å². The Morgan fingerprint density at radius 1 is 1.19 bits per heavy atom. The minimum absolute atomic E-state index is 0.00655. The molecule has 94 valence electrons. The SMILES string of the molecule is CCCCNC(=O)NCC1CCC(C)CC1. The Hall–Kier alpha value is -0.730. The second-order valence-electron chi connectivity index (χ2n) is 5.12. The molecule has 0 unspecified atom stereocenters. The fraction of sp³-hybridized carbons (Fsp3) is 0.923. The van der Waals surface area contributed by atoms with E-state index in [1.165, 1.54) is 25.7 Å². The Bertz CT molecular complexity index is 198. The van der Waals surface area contributed by atoms with Gasteiger partial charge in [0.1, 0.15) is 0 Å². The summed E-state index contributed by atoms with van der Waals surface area (Å²) in [7, 11) is 0. The third kappa shape index (κ3) is 5.38. The van der Waals surface area contributed by atoms with Crippen LogP contribution in [-0.2, 0) is 0 Å². The van der Waals surface area contributed by atoms with Crippen LogP contribution in [-0.4, -0.2) is 19.1 Å². The van der Waals surface area contributed by atoms with Gasteiger partial charge in [-0.1, -0.05) is 33.1 Å². The van der Waals surface area contributed by atoms with E-state index in [2.05, 4.69) is 24.5 Å². The van der Waals surface area contributed by atoms with E-state index in [9.17, 15) is 4.79 Å². The summed E-state index contributed by atoms with van der Waals surface area (Å²) in [6.07, 6.45) is 7.38. The maximum absolute atomic E-state index is 11.4. The number of carbonyl (C=O) groups excluding carboxylic acids is 1. The summed E-state index contributed by atoms with van der Waals surface area (Å²) in [5.74, 6) is 1.59. The minimum Gasteiger partial charge on any atom is -0.338 e. The lowest BCUT2D eigenvalue weighted by molar-refractivity contribution is 0.232. The lowest BCUT2D eigenvalue weighted by Gasteiger charge is -2.26. The molecule has 0 aromatic rings. The monoisotopic (exact) mass is 226 g/mol. The summed E-state index contributed by atoms with van der Waals surface area (Å²) >= 11 is 0. The van der Waals surface area contributed by atoms with Gasteiger partial charge in [-0.15, -0.1) is 0 Å². The smallest absolute Gasteiger partial charge is 0.314 e. The summed E-state index contributed by atoms with van der Waals surface area (Å²) in [4.78, 5) is 11.4.